The van der Waals surface area contributed by atoms with E-state index in [0.717, 1.165) is 12.0 Å². The predicted octanol–water partition coefficient (Wildman–Crippen LogP) is 3.87. The molecule has 2 rings (SSSR count). The smallest absolute Gasteiger partial charge is 0.124 e. The zero-order valence-corrected chi connectivity index (χ0v) is 10.8. The van der Waals surface area contributed by atoms with Gasteiger partial charge in [-0.2, -0.15) is 5.26 Å². The van der Waals surface area contributed by atoms with Gasteiger partial charge < -0.3 is 5.32 Å². The third-order valence-electron chi connectivity index (χ3n) is 3.02. The van der Waals surface area contributed by atoms with E-state index in [9.17, 15) is 4.39 Å². The number of nitrogens with one attached hydrogen (secondary N) is 1. The van der Waals surface area contributed by atoms with Crippen LogP contribution in [0.15, 0.2) is 42.5 Å². The van der Waals surface area contributed by atoms with Crippen molar-refractivity contribution in [2.24, 2.45) is 0 Å². The maximum Gasteiger partial charge on any atom is 0.124 e. The minimum Gasteiger partial charge on any atom is -0.380 e. The van der Waals surface area contributed by atoms with E-state index in [0.29, 0.717) is 17.8 Å². The predicted molar refractivity (Wildman–Crippen MR) is 74.3 cm³/mol. The summed E-state index contributed by atoms with van der Waals surface area (Å²) in [5.41, 5.74) is 3.40. The molecule has 0 spiro atoms. The lowest BCUT2D eigenvalue weighted by atomic mass is 10.1. The van der Waals surface area contributed by atoms with Gasteiger partial charge in [0.15, 0.2) is 0 Å². The monoisotopic (exact) mass is 254 g/mol. The van der Waals surface area contributed by atoms with Crippen molar-refractivity contribution >= 4 is 5.69 Å². The highest BCUT2D eigenvalue weighted by molar-refractivity contribution is 5.57. The van der Waals surface area contributed by atoms with Crippen molar-refractivity contribution in [2.45, 2.75) is 19.9 Å². The Morgan fingerprint density at radius 1 is 1.11 bits per heavy atom. The van der Waals surface area contributed by atoms with E-state index < -0.39 is 5.82 Å². The SMILES string of the molecule is CCc1ccc(CNc2ccc(F)cc2C#N)cc1. The summed E-state index contributed by atoms with van der Waals surface area (Å²) in [5, 5.41) is 12.1. The molecule has 2 aromatic rings. The van der Waals surface area contributed by atoms with Crippen LogP contribution in [0.3, 0.4) is 0 Å². The van der Waals surface area contributed by atoms with E-state index in [2.05, 4.69) is 36.5 Å². The van der Waals surface area contributed by atoms with E-state index in [1.807, 2.05) is 6.07 Å². The standard InChI is InChI=1S/C16H15FN2/c1-2-12-3-5-13(6-4-12)11-19-16-8-7-15(17)9-14(16)10-18/h3-9,19H,2,11H2,1H3. The molecule has 0 fully saturated rings. The number of nitriles is 1. The fourth-order valence-corrected chi connectivity index (χ4v) is 1.85. The first-order valence-electron chi connectivity index (χ1n) is 6.24. The van der Waals surface area contributed by atoms with Crippen LogP contribution in [0.1, 0.15) is 23.6 Å². The first-order chi connectivity index (χ1) is 9.22. The van der Waals surface area contributed by atoms with E-state index >= 15 is 0 Å². The van der Waals surface area contributed by atoms with Crippen LogP contribution >= 0.6 is 0 Å². The molecule has 19 heavy (non-hydrogen) atoms. The van der Waals surface area contributed by atoms with Crippen molar-refractivity contribution in [1.29, 1.82) is 5.26 Å². The molecule has 0 bridgehead atoms. The van der Waals surface area contributed by atoms with Crippen LogP contribution in [0.4, 0.5) is 10.1 Å². The Morgan fingerprint density at radius 2 is 1.79 bits per heavy atom. The summed E-state index contributed by atoms with van der Waals surface area (Å²) >= 11 is 0. The Bertz CT molecular complexity index is 597. The molecule has 0 aliphatic heterocycles. The highest BCUT2D eigenvalue weighted by atomic mass is 19.1. The molecule has 0 amide bonds. The third-order valence-corrected chi connectivity index (χ3v) is 3.02. The number of rotatable bonds is 4. The van der Waals surface area contributed by atoms with Crippen LogP contribution in [0.25, 0.3) is 0 Å². The summed E-state index contributed by atoms with van der Waals surface area (Å²) in [6.07, 6.45) is 1.02. The summed E-state index contributed by atoms with van der Waals surface area (Å²) in [4.78, 5) is 0. The van der Waals surface area contributed by atoms with Gasteiger partial charge in [-0.25, -0.2) is 4.39 Å². The lowest BCUT2D eigenvalue weighted by Crippen LogP contribution is -2.01. The summed E-state index contributed by atoms with van der Waals surface area (Å²) in [6.45, 7) is 2.73. The molecule has 0 saturated carbocycles. The number of anilines is 1. The lowest BCUT2D eigenvalue weighted by molar-refractivity contribution is 0.627. The fourth-order valence-electron chi connectivity index (χ4n) is 1.85. The van der Waals surface area contributed by atoms with Crippen LogP contribution in [0.5, 0.6) is 0 Å². The first kappa shape index (κ1) is 13.1. The number of benzene rings is 2. The van der Waals surface area contributed by atoms with Gasteiger partial charge in [-0.1, -0.05) is 31.2 Å². The molecular formula is C16H15FN2. The second-order valence-corrected chi connectivity index (χ2v) is 4.33. The molecule has 0 aromatic heterocycles. The first-order valence-corrected chi connectivity index (χ1v) is 6.24. The number of aryl methyl sites for hydroxylation is 1. The largest absolute Gasteiger partial charge is 0.380 e. The number of nitrogens with zero attached hydrogens (tertiary/aromatic N) is 1. The lowest BCUT2D eigenvalue weighted by Gasteiger charge is -2.08. The molecule has 2 nitrogen and oxygen atoms in total. The van der Waals surface area contributed by atoms with Crippen molar-refractivity contribution in [2.75, 3.05) is 5.32 Å². The summed E-state index contributed by atoms with van der Waals surface area (Å²) in [7, 11) is 0. The molecule has 0 atom stereocenters. The highest BCUT2D eigenvalue weighted by Crippen LogP contribution is 2.17. The molecule has 0 unspecified atom stereocenters. The number of halogens is 1. The Hall–Kier alpha value is -2.34. The van der Waals surface area contributed by atoms with Crippen molar-refractivity contribution < 1.29 is 4.39 Å². The summed E-state index contributed by atoms with van der Waals surface area (Å²) in [6, 6.07) is 14.5. The molecule has 3 heteroatoms. The molecule has 96 valence electrons. The van der Waals surface area contributed by atoms with E-state index in [-0.39, 0.29) is 0 Å². The van der Waals surface area contributed by atoms with E-state index in [4.69, 9.17) is 5.26 Å². The van der Waals surface area contributed by atoms with Crippen LogP contribution < -0.4 is 5.32 Å². The van der Waals surface area contributed by atoms with Gasteiger partial charge in [0, 0.05) is 6.54 Å². The van der Waals surface area contributed by atoms with Gasteiger partial charge in [-0.05, 0) is 35.7 Å². The summed E-state index contributed by atoms with van der Waals surface area (Å²) in [5.74, 6) is -0.394. The number of hydrogen-bond donors (Lipinski definition) is 1. The van der Waals surface area contributed by atoms with Gasteiger partial charge >= 0.3 is 0 Å². The van der Waals surface area contributed by atoms with Gasteiger partial charge in [0.2, 0.25) is 0 Å². The molecule has 0 radical (unpaired) electrons. The Morgan fingerprint density at radius 3 is 2.42 bits per heavy atom. The number of hydrogen-bond acceptors (Lipinski definition) is 2. The zero-order chi connectivity index (χ0) is 13.7. The van der Waals surface area contributed by atoms with Crippen molar-refractivity contribution in [3.05, 3.63) is 65.0 Å². The van der Waals surface area contributed by atoms with Crippen molar-refractivity contribution in [1.82, 2.24) is 0 Å². The molecule has 0 aliphatic carbocycles. The quantitative estimate of drug-likeness (QED) is 0.899. The highest BCUT2D eigenvalue weighted by Gasteiger charge is 2.03. The van der Waals surface area contributed by atoms with Gasteiger partial charge in [0.1, 0.15) is 11.9 Å². The summed E-state index contributed by atoms with van der Waals surface area (Å²) < 4.78 is 13.0. The van der Waals surface area contributed by atoms with E-state index in [1.165, 1.54) is 17.7 Å². The molecule has 2 aromatic carbocycles. The van der Waals surface area contributed by atoms with Crippen LogP contribution in [-0.2, 0) is 13.0 Å². The fraction of sp³-hybridized carbons (Fsp3) is 0.188. The molecule has 0 aliphatic rings. The van der Waals surface area contributed by atoms with Gasteiger partial charge in [-0.15, -0.1) is 0 Å². The molecule has 1 N–H and O–H groups in total. The van der Waals surface area contributed by atoms with E-state index in [1.54, 1.807) is 6.07 Å². The third kappa shape index (κ3) is 3.32. The van der Waals surface area contributed by atoms with Crippen LogP contribution in [-0.4, -0.2) is 0 Å². The zero-order valence-electron chi connectivity index (χ0n) is 10.8. The van der Waals surface area contributed by atoms with Gasteiger partial charge in [-0.3, -0.25) is 0 Å². The minimum absolute atomic E-state index is 0.324. The van der Waals surface area contributed by atoms with Crippen LogP contribution in [0.2, 0.25) is 0 Å². The minimum atomic E-state index is -0.394. The molecule has 0 saturated heterocycles. The second-order valence-electron chi connectivity index (χ2n) is 4.33. The van der Waals surface area contributed by atoms with Gasteiger partial charge in [0.25, 0.3) is 0 Å². The topological polar surface area (TPSA) is 35.8 Å². The Labute approximate surface area is 112 Å². The van der Waals surface area contributed by atoms with Gasteiger partial charge in [0.05, 0.1) is 11.3 Å². The Balaban J connectivity index is 2.08. The van der Waals surface area contributed by atoms with Crippen molar-refractivity contribution in [3.63, 3.8) is 0 Å². The maximum absolute atomic E-state index is 13.0. The van der Waals surface area contributed by atoms with Crippen LogP contribution in [0, 0.1) is 17.1 Å². The average molecular weight is 254 g/mol. The van der Waals surface area contributed by atoms with Crippen molar-refractivity contribution in [3.8, 4) is 6.07 Å². The molecule has 0 heterocycles. The average Bonchev–Trinajstić information content (AvgIpc) is 2.46. The molecular weight excluding hydrogens is 239 g/mol. The second kappa shape index (κ2) is 6.01. The normalized spacial score (nSPS) is 9.95. The Kier molecular flexibility index (Phi) is 4.15. The maximum atomic E-state index is 13.0.